The van der Waals surface area contributed by atoms with E-state index >= 15 is 0 Å². The van der Waals surface area contributed by atoms with Crippen molar-refractivity contribution in [1.82, 2.24) is 10.2 Å². The molecule has 2 amide bonds. The van der Waals surface area contributed by atoms with Gasteiger partial charge < -0.3 is 10.2 Å². The number of hydrogen-bond acceptors (Lipinski definition) is 4. The zero-order valence-electron chi connectivity index (χ0n) is 21.0. The number of sulfonamides is 1. The van der Waals surface area contributed by atoms with Crippen molar-refractivity contribution in [2.75, 3.05) is 17.1 Å². The van der Waals surface area contributed by atoms with E-state index in [-0.39, 0.29) is 24.7 Å². The Hall–Kier alpha value is -3.08. The molecule has 36 heavy (non-hydrogen) atoms. The van der Waals surface area contributed by atoms with E-state index in [9.17, 15) is 31.2 Å². The molecule has 0 fully saturated rings. The average Bonchev–Trinajstić information content (AvgIpc) is 2.76. The number of aryl methyl sites for hydroxylation is 1. The van der Waals surface area contributed by atoms with E-state index in [4.69, 9.17) is 0 Å². The minimum absolute atomic E-state index is 0.0172. The van der Waals surface area contributed by atoms with Crippen LogP contribution in [0.2, 0.25) is 0 Å². The third-order valence-electron chi connectivity index (χ3n) is 5.43. The zero-order chi connectivity index (χ0) is 27.3. The van der Waals surface area contributed by atoms with E-state index in [0.29, 0.717) is 10.4 Å². The minimum Gasteiger partial charge on any atom is -0.352 e. The monoisotopic (exact) mass is 527 g/mol. The smallest absolute Gasteiger partial charge is 0.352 e. The molecule has 0 saturated heterocycles. The van der Waals surface area contributed by atoms with Crippen LogP contribution in [0.5, 0.6) is 0 Å². The molecule has 0 unspecified atom stereocenters. The summed E-state index contributed by atoms with van der Waals surface area (Å²) in [5.41, 5.74) is 0.375. The highest BCUT2D eigenvalue weighted by atomic mass is 32.2. The second kappa shape index (κ2) is 11.8. The summed E-state index contributed by atoms with van der Waals surface area (Å²) in [6.45, 7) is 6.42. The molecule has 1 atom stereocenters. The fourth-order valence-electron chi connectivity index (χ4n) is 3.64. The van der Waals surface area contributed by atoms with Gasteiger partial charge in [-0.3, -0.25) is 13.9 Å². The lowest BCUT2D eigenvalue weighted by Crippen LogP contribution is -2.53. The molecule has 2 aromatic carbocycles. The molecule has 1 N–H and O–H groups in total. The molecule has 2 aromatic rings. The Morgan fingerprint density at radius 2 is 1.67 bits per heavy atom. The number of amides is 2. The predicted molar refractivity (Wildman–Crippen MR) is 133 cm³/mol. The van der Waals surface area contributed by atoms with Gasteiger partial charge in [0.15, 0.2) is 0 Å². The van der Waals surface area contributed by atoms with Crippen LogP contribution in [0.4, 0.5) is 18.9 Å². The Bertz CT molecular complexity index is 1170. The van der Waals surface area contributed by atoms with Crippen molar-refractivity contribution in [3.05, 3.63) is 65.2 Å². The lowest BCUT2D eigenvalue weighted by atomic mass is 10.1. The maximum Gasteiger partial charge on any atom is 0.416 e. The summed E-state index contributed by atoms with van der Waals surface area (Å²) in [4.78, 5) is 27.7. The number of alkyl halides is 3. The first kappa shape index (κ1) is 29.2. The Morgan fingerprint density at radius 1 is 1.06 bits per heavy atom. The van der Waals surface area contributed by atoms with Crippen LogP contribution in [-0.4, -0.2) is 50.0 Å². The van der Waals surface area contributed by atoms with Crippen molar-refractivity contribution in [3.8, 4) is 0 Å². The van der Waals surface area contributed by atoms with Crippen LogP contribution in [0, 0.1) is 6.92 Å². The lowest BCUT2D eigenvalue weighted by Gasteiger charge is -2.33. The second-order valence-corrected chi connectivity index (χ2v) is 10.8. The van der Waals surface area contributed by atoms with Gasteiger partial charge in [0.05, 0.1) is 17.5 Å². The van der Waals surface area contributed by atoms with Crippen LogP contribution in [0.15, 0.2) is 48.5 Å². The van der Waals surface area contributed by atoms with Gasteiger partial charge in [0.2, 0.25) is 21.8 Å². The van der Waals surface area contributed by atoms with Crippen LogP contribution in [-0.2, 0) is 32.3 Å². The third kappa shape index (κ3) is 7.97. The lowest BCUT2D eigenvalue weighted by molar-refractivity contribution is -0.140. The highest BCUT2D eigenvalue weighted by Crippen LogP contribution is 2.32. The van der Waals surface area contributed by atoms with Crippen molar-refractivity contribution in [2.24, 2.45) is 0 Å². The van der Waals surface area contributed by atoms with Gasteiger partial charge in [-0.2, -0.15) is 13.2 Å². The molecule has 0 spiro atoms. The maximum atomic E-state index is 13.5. The average molecular weight is 528 g/mol. The van der Waals surface area contributed by atoms with Gasteiger partial charge in [-0.05, 0) is 51.0 Å². The molecule has 0 aliphatic rings. The summed E-state index contributed by atoms with van der Waals surface area (Å²) in [7, 11) is -4.14. The zero-order valence-corrected chi connectivity index (χ0v) is 21.8. The van der Waals surface area contributed by atoms with Crippen LogP contribution in [0.25, 0.3) is 0 Å². The minimum atomic E-state index is -4.69. The van der Waals surface area contributed by atoms with Crippen LogP contribution < -0.4 is 9.62 Å². The number of benzene rings is 2. The van der Waals surface area contributed by atoms with Gasteiger partial charge in [0.1, 0.15) is 12.6 Å². The quantitative estimate of drug-likeness (QED) is 0.504. The van der Waals surface area contributed by atoms with Crippen molar-refractivity contribution in [1.29, 1.82) is 0 Å². The fraction of sp³-hybridized carbons (Fsp3) is 0.440. The molecular weight excluding hydrogens is 495 g/mol. The normalized spacial score (nSPS) is 12.8. The second-order valence-electron chi connectivity index (χ2n) is 8.91. The Labute approximate surface area is 210 Å². The third-order valence-corrected chi connectivity index (χ3v) is 6.57. The molecule has 11 heteroatoms. The SMILES string of the molecule is CC[C@@H](C(=O)NC(C)C)N(Cc1ccc(C)cc1)C(=O)CN(c1cccc(C(F)(F)F)c1)S(C)(=O)=O. The summed E-state index contributed by atoms with van der Waals surface area (Å²) < 4.78 is 65.5. The summed E-state index contributed by atoms with van der Waals surface area (Å²) in [6.07, 6.45) is -3.63. The van der Waals surface area contributed by atoms with E-state index in [1.807, 2.05) is 19.1 Å². The fourth-order valence-corrected chi connectivity index (χ4v) is 4.48. The molecule has 0 aromatic heterocycles. The number of carbonyl (C=O) groups is 2. The molecule has 198 valence electrons. The summed E-state index contributed by atoms with van der Waals surface area (Å²) in [5.74, 6) is -1.12. The predicted octanol–water partition coefficient (Wildman–Crippen LogP) is 4.11. The first-order valence-electron chi connectivity index (χ1n) is 11.4. The maximum absolute atomic E-state index is 13.5. The number of nitrogens with zero attached hydrogens (tertiary/aromatic N) is 2. The molecule has 0 heterocycles. The number of anilines is 1. The summed E-state index contributed by atoms with van der Waals surface area (Å²) in [6, 6.07) is 9.95. The van der Waals surface area contributed by atoms with Crippen LogP contribution in [0.1, 0.15) is 43.9 Å². The van der Waals surface area contributed by atoms with Gasteiger partial charge in [0.25, 0.3) is 0 Å². The van der Waals surface area contributed by atoms with Crippen molar-refractivity contribution >= 4 is 27.5 Å². The van der Waals surface area contributed by atoms with Crippen molar-refractivity contribution < 1.29 is 31.2 Å². The molecule has 0 bridgehead atoms. The van der Waals surface area contributed by atoms with E-state index in [1.165, 1.54) is 11.0 Å². The van der Waals surface area contributed by atoms with Crippen molar-refractivity contribution in [3.63, 3.8) is 0 Å². The first-order valence-corrected chi connectivity index (χ1v) is 13.3. The summed E-state index contributed by atoms with van der Waals surface area (Å²) in [5, 5.41) is 2.77. The standard InChI is InChI=1S/C25H32F3N3O4S/c1-6-22(24(33)29-17(2)3)30(15-19-12-10-18(4)11-13-19)23(32)16-31(36(5,34)35)21-9-7-8-20(14-21)25(26,27)28/h7-14,17,22H,6,15-16H2,1-5H3,(H,29,33)/t22-/m0/s1. The molecule has 0 aliphatic carbocycles. The molecule has 0 aliphatic heterocycles. The Morgan fingerprint density at radius 3 is 2.17 bits per heavy atom. The molecule has 7 nitrogen and oxygen atoms in total. The number of nitrogens with one attached hydrogen (secondary N) is 1. The van der Waals surface area contributed by atoms with Crippen molar-refractivity contribution in [2.45, 2.75) is 58.9 Å². The first-order chi connectivity index (χ1) is 16.6. The highest BCUT2D eigenvalue weighted by Gasteiger charge is 2.34. The highest BCUT2D eigenvalue weighted by molar-refractivity contribution is 7.92. The molecular formula is C25H32F3N3O4S. The van der Waals surface area contributed by atoms with Gasteiger partial charge >= 0.3 is 6.18 Å². The molecule has 0 radical (unpaired) electrons. The largest absolute Gasteiger partial charge is 0.416 e. The van der Waals surface area contributed by atoms with Gasteiger partial charge in [-0.25, -0.2) is 8.42 Å². The Balaban J connectivity index is 2.48. The van der Waals surface area contributed by atoms with E-state index in [1.54, 1.807) is 32.9 Å². The van der Waals surface area contributed by atoms with Gasteiger partial charge in [0, 0.05) is 12.6 Å². The van der Waals surface area contributed by atoms with E-state index in [0.717, 1.165) is 29.5 Å². The van der Waals surface area contributed by atoms with Crippen LogP contribution in [0.3, 0.4) is 0 Å². The van der Waals surface area contributed by atoms with Gasteiger partial charge in [-0.1, -0.05) is 42.8 Å². The molecule has 0 saturated carbocycles. The van der Waals surface area contributed by atoms with E-state index in [2.05, 4.69) is 5.32 Å². The van der Waals surface area contributed by atoms with Gasteiger partial charge in [-0.15, -0.1) is 0 Å². The Kier molecular flexibility index (Phi) is 9.53. The molecule has 2 rings (SSSR count). The number of hydrogen-bond donors (Lipinski definition) is 1. The number of rotatable bonds is 10. The topological polar surface area (TPSA) is 86.8 Å². The summed E-state index contributed by atoms with van der Waals surface area (Å²) >= 11 is 0. The van der Waals surface area contributed by atoms with Crippen LogP contribution >= 0.6 is 0 Å². The number of carbonyl (C=O) groups excluding carboxylic acids is 2. The van der Waals surface area contributed by atoms with E-state index < -0.39 is 46.2 Å². The number of halogens is 3.